The van der Waals surface area contributed by atoms with Crippen molar-refractivity contribution in [3.63, 3.8) is 0 Å². The Bertz CT molecular complexity index is 804. The molecule has 0 aliphatic rings. The maximum Gasteiger partial charge on any atom is 0.430 e. The van der Waals surface area contributed by atoms with Gasteiger partial charge in [-0.3, -0.25) is 4.79 Å². The van der Waals surface area contributed by atoms with Gasteiger partial charge in [0.1, 0.15) is 17.2 Å². The molecule has 0 bridgehead atoms. The predicted octanol–water partition coefficient (Wildman–Crippen LogP) is 3.93. The highest BCUT2D eigenvalue weighted by atomic mass is 32.1. The van der Waals surface area contributed by atoms with Crippen LogP contribution in [0.25, 0.3) is 0 Å². The van der Waals surface area contributed by atoms with Crippen LogP contribution in [0.5, 0.6) is 11.5 Å². The first-order valence-electron chi connectivity index (χ1n) is 8.31. The number of azo groups is 1. The average Bonchev–Trinajstić information content (AvgIpc) is 2.97. The molecular formula is C17H24N5O3S+. The Balaban J connectivity index is 2.41. The first-order valence-corrected chi connectivity index (χ1v) is 9.13. The fourth-order valence-corrected chi connectivity index (χ4v) is 3.00. The molecule has 0 atom stereocenters. The number of aromatic nitrogens is 2. The summed E-state index contributed by atoms with van der Waals surface area (Å²) >= 11 is 1.47. The summed E-state index contributed by atoms with van der Waals surface area (Å²) in [5.41, 5.74) is 0.978. The zero-order valence-electron chi connectivity index (χ0n) is 15.7. The number of hydrogen-bond acceptors (Lipinski definition) is 7. The molecule has 0 aliphatic heterocycles. The number of unbranched alkanes of at least 4 members (excludes halogenated alkanes) is 1. The second kappa shape index (κ2) is 9.23. The number of amides is 1. The molecule has 1 N–H and O–H groups in total. The molecule has 0 spiro atoms. The summed E-state index contributed by atoms with van der Waals surface area (Å²) in [5.74, 6) is 0.803. The van der Waals surface area contributed by atoms with Crippen LogP contribution >= 0.6 is 11.3 Å². The monoisotopic (exact) mass is 378 g/mol. The third-order valence-corrected chi connectivity index (χ3v) is 4.35. The Morgan fingerprint density at radius 2 is 1.96 bits per heavy atom. The van der Waals surface area contributed by atoms with Crippen molar-refractivity contribution in [3.8, 4) is 11.5 Å². The summed E-state index contributed by atoms with van der Waals surface area (Å²) in [5, 5.41) is 17.5. The van der Waals surface area contributed by atoms with Gasteiger partial charge in [0, 0.05) is 19.1 Å². The second-order valence-corrected chi connectivity index (χ2v) is 6.75. The van der Waals surface area contributed by atoms with Gasteiger partial charge in [0.15, 0.2) is 11.5 Å². The Morgan fingerprint density at radius 3 is 2.58 bits per heavy atom. The van der Waals surface area contributed by atoms with Gasteiger partial charge in [-0.2, -0.15) is 0 Å². The Labute approximate surface area is 156 Å². The molecule has 1 aromatic carbocycles. The Hall–Kier alpha value is -2.55. The van der Waals surface area contributed by atoms with Crippen molar-refractivity contribution in [3.05, 3.63) is 17.1 Å². The second-order valence-electron chi connectivity index (χ2n) is 5.59. The van der Waals surface area contributed by atoms with Gasteiger partial charge in [-0.25, -0.2) is 0 Å². The molecule has 140 valence electrons. The number of anilines is 1. The quantitative estimate of drug-likeness (QED) is 0.557. The van der Waals surface area contributed by atoms with Crippen LogP contribution in [-0.2, 0) is 11.3 Å². The van der Waals surface area contributed by atoms with Crippen molar-refractivity contribution in [2.24, 2.45) is 10.2 Å². The van der Waals surface area contributed by atoms with Crippen molar-refractivity contribution in [2.75, 3.05) is 19.5 Å². The van der Waals surface area contributed by atoms with E-state index in [4.69, 9.17) is 9.47 Å². The summed E-state index contributed by atoms with van der Waals surface area (Å²) in [7, 11) is 3.08. The van der Waals surface area contributed by atoms with Crippen molar-refractivity contribution in [1.29, 1.82) is 0 Å². The smallest absolute Gasteiger partial charge is 0.430 e. The van der Waals surface area contributed by atoms with E-state index in [2.05, 4.69) is 27.6 Å². The van der Waals surface area contributed by atoms with E-state index >= 15 is 0 Å². The van der Waals surface area contributed by atoms with Gasteiger partial charge in [-0.15, -0.1) is 4.68 Å². The zero-order chi connectivity index (χ0) is 19.1. The summed E-state index contributed by atoms with van der Waals surface area (Å²) in [6.45, 7) is 6.29. The van der Waals surface area contributed by atoms with Crippen LogP contribution in [0.4, 0.5) is 16.5 Å². The Morgan fingerprint density at radius 1 is 1.27 bits per heavy atom. The van der Waals surface area contributed by atoms with Gasteiger partial charge in [0.2, 0.25) is 5.91 Å². The number of nitrogens with one attached hydrogen (secondary N) is 1. The molecule has 0 fully saturated rings. The maximum absolute atomic E-state index is 11.5. The van der Waals surface area contributed by atoms with E-state index in [1.165, 1.54) is 25.4 Å². The van der Waals surface area contributed by atoms with Crippen LogP contribution < -0.4 is 19.5 Å². The lowest BCUT2D eigenvalue weighted by molar-refractivity contribution is -0.738. The molecule has 26 heavy (non-hydrogen) atoms. The Kier molecular flexibility index (Phi) is 7.02. The van der Waals surface area contributed by atoms with E-state index < -0.39 is 0 Å². The highest BCUT2D eigenvalue weighted by molar-refractivity contribution is 7.14. The van der Waals surface area contributed by atoms with Crippen molar-refractivity contribution in [1.82, 2.24) is 5.10 Å². The van der Waals surface area contributed by atoms with E-state index in [1.807, 2.05) is 11.6 Å². The van der Waals surface area contributed by atoms with Gasteiger partial charge in [0.05, 0.1) is 25.0 Å². The molecule has 0 saturated heterocycles. The third kappa shape index (κ3) is 4.98. The van der Waals surface area contributed by atoms with E-state index in [1.54, 1.807) is 19.2 Å². The molecule has 2 aromatic rings. The fourth-order valence-electron chi connectivity index (χ4n) is 2.28. The van der Waals surface area contributed by atoms with Gasteiger partial charge < -0.3 is 14.8 Å². The third-order valence-electron chi connectivity index (χ3n) is 3.50. The summed E-state index contributed by atoms with van der Waals surface area (Å²) < 4.78 is 12.5. The van der Waals surface area contributed by atoms with Crippen LogP contribution in [0.1, 0.15) is 31.7 Å². The van der Waals surface area contributed by atoms with Crippen LogP contribution in [0, 0.1) is 6.92 Å². The number of carbonyl (C=O) groups is 1. The average molecular weight is 378 g/mol. The van der Waals surface area contributed by atoms with E-state index in [9.17, 15) is 4.79 Å². The highest BCUT2D eigenvalue weighted by Gasteiger charge is 2.18. The van der Waals surface area contributed by atoms with Gasteiger partial charge in [-0.1, -0.05) is 18.4 Å². The van der Waals surface area contributed by atoms with E-state index in [0.717, 1.165) is 24.4 Å². The molecule has 1 aromatic heterocycles. The molecular weight excluding hydrogens is 354 g/mol. The molecule has 8 nitrogen and oxygen atoms in total. The molecule has 2 rings (SSSR count). The number of rotatable bonds is 8. The van der Waals surface area contributed by atoms with E-state index in [-0.39, 0.29) is 5.91 Å². The highest BCUT2D eigenvalue weighted by Crippen LogP contribution is 2.38. The number of aryl methyl sites for hydroxylation is 2. The van der Waals surface area contributed by atoms with Gasteiger partial charge in [-0.05, 0) is 29.8 Å². The number of methoxy groups -OCH3 is 2. The molecule has 0 aliphatic carbocycles. The van der Waals surface area contributed by atoms with Gasteiger partial charge >= 0.3 is 5.13 Å². The lowest BCUT2D eigenvalue weighted by Crippen LogP contribution is -2.35. The van der Waals surface area contributed by atoms with Crippen LogP contribution in [0.2, 0.25) is 0 Å². The topological polar surface area (TPSA) is 89.1 Å². The molecule has 9 heteroatoms. The lowest BCUT2D eigenvalue weighted by Gasteiger charge is -2.11. The number of hydrogen-bond donors (Lipinski definition) is 1. The van der Waals surface area contributed by atoms with Crippen LogP contribution in [0.3, 0.4) is 0 Å². The summed E-state index contributed by atoms with van der Waals surface area (Å²) in [6.07, 6.45) is 2.09. The number of benzene rings is 1. The minimum atomic E-state index is -0.208. The van der Waals surface area contributed by atoms with E-state index in [0.29, 0.717) is 28.0 Å². The first kappa shape index (κ1) is 19.8. The minimum absolute atomic E-state index is 0.208. The largest absolute Gasteiger partial charge is 0.493 e. The standard InChI is InChI=1S/C17H23N5O3S/c1-6-7-8-22-17(26-12(3)21-22)20-19-14-10-16(25-5)15(24-4)9-13(14)18-11(2)23/h9-10H,6-8H2,1-5H3/p+1. The number of carbonyl (C=O) groups excluding carboxylic acids is 1. The van der Waals surface area contributed by atoms with Crippen molar-refractivity contribution in [2.45, 2.75) is 40.2 Å². The maximum atomic E-state index is 11.5. The zero-order valence-corrected chi connectivity index (χ0v) is 16.5. The molecule has 0 unspecified atom stereocenters. The molecule has 1 heterocycles. The first-order chi connectivity index (χ1) is 12.5. The normalized spacial score (nSPS) is 11.0. The SMILES string of the molecule is CCCC[n+]1nc(C)sc1N=Nc1cc(OC)c(OC)cc1NC(C)=O. The van der Waals surface area contributed by atoms with Gasteiger partial charge in [0.25, 0.3) is 0 Å². The molecule has 1 amide bonds. The minimum Gasteiger partial charge on any atom is -0.493 e. The van der Waals surface area contributed by atoms with Crippen molar-refractivity contribution < 1.29 is 19.0 Å². The van der Waals surface area contributed by atoms with Crippen molar-refractivity contribution >= 4 is 33.8 Å². The number of nitrogens with zero attached hydrogens (tertiary/aromatic N) is 4. The molecule has 0 radical (unpaired) electrons. The summed E-state index contributed by atoms with van der Waals surface area (Å²) in [4.78, 5) is 11.5. The lowest BCUT2D eigenvalue weighted by atomic mass is 10.2. The predicted molar refractivity (Wildman–Crippen MR) is 100.0 cm³/mol. The molecule has 0 saturated carbocycles. The van der Waals surface area contributed by atoms with Crippen LogP contribution in [0.15, 0.2) is 22.4 Å². The number of ether oxygens (including phenoxy) is 2. The fraction of sp³-hybridized carbons (Fsp3) is 0.471. The summed E-state index contributed by atoms with van der Waals surface area (Å²) in [6, 6.07) is 3.34. The van der Waals surface area contributed by atoms with Crippen LogP contribution in [-0.4, -0.2) is 25.2 Å².